The Hall–Kier alpha value is -2.70. The van der Waals surface area contributed by atoms with Gasteiger partial charge in [0.05, 0.1) is 11.9 Å². The van der Waals surface area contributed by atoms with Gasteiger partial charge in [0.1, 0.15) is 5.75 Å². The largest absolute Gasteiger partial charge is 0.507 e. The highest BCUT2D eigenvalue weighted by Gasteiger charge is 2.09. The molecule has 0 bridgehead atoms. The first kappa shape index (κ1) is 18.7. The highest BCUT2D eigenvalue weighted by Crippen LogP contribution is 2.26. The van der Waals surface area contributed by atoms with Gasteiger partial charge in [0, 0.05) is 27.5 Å². The maximum atomic E-state index is 10.4. The predicted octanol–water partition coefficient (Wildman–Crippen LogP) is 5.64. The fraction of sp³-hybridized carbons (Fsp3) is 0.0909. The Morgan fingerprint density at radius 3 is 2.64 bits per heavy atom. The molecule has 1 heterocycles. The average Bonchev–Trinajstić information content (AvgIpc) is 3.11. The van der Waals surface area contributed by atoms with Crippen LogP contribution in [0, 0.1) is 0 Å². The Morgan fingerprint density at radius 1 is 1.07 bits per heavy atom. The minimum absolute atomic E-state index is 0.206. The van der Waals surface area contributed by atoms with Gasteiger partial charge in [-0.05, 0) is 35.9 Å². The first-order valence-electron chi connectivity index (χ1n) is 8.89. The van der Waals surface area contributed by atoms with Crippen molar-refractivity contribution in [3.8, 4) is 17.0 Å². The minimum Gasteiger partial charge on any atom is -0.507 e. The molecule has 1 aromatic heterocycles. The van der Waals surface area contributed by atoms with E-state index in [2.05, 4.69) is 26.3 Å². The first-order chi connectivity index (χ1) is 13.7. The average molecular weight is 452 g/mol. The maximum absolute atomic E-state index is 10.4. The van der Waals surface area contributed by atoms with Gasteiger partial charge < -0.3 is 5.11 Å². The quantitative estimate of drug-likeness (QED) is 0.401. The number of fused-ring (bicyclic) bond motifs is 1. The fourth-order valence-corrected chi connectivity index (χ4v) is 4.17. The van der Waals surface area contributed by atoms with Crippen molar-refractivity contribution in [3.63, 3.8) is 0 Å². The van der Waals surface area contributed by atoms with Crippen LogP contribution in [0.25, 0.3) is 22.0 Å². The predicted molar refractivity (Wildman–Crippen MR) is 120 cm³/mol. The molecule has 6 heteroatoms. The number of aromatic nitrogens is 1. The van der Waals surface area contributed by atoms with Crippen LogP contribution >= 0.6 is 27.3 Å². The Balaban J connectivity index is 1.86. The molecule has 0 radical (unpaired) electrons. The van der Waals surface area contributed by atoms with Crippen molar-refractivity contribution >= 4 is 44.3 Å². The lowest BCUT2D eigenvalue weighted by Crippen LogP contribution is -2.12. The van der Waals surface area contributed by atoms with Crippen LogP contribution in [0.4, 0.5) is 0 Å². The number of rotatable bonds is 4. The van der Waals surface area contributed by atoms with Gasteiger partial charge in [-0.15, -0.1) is 11.3 Å². The summed E-state index contributed by atoms with van der Waals surface area (Å²) in [7, 11) is 0. The van der Waals surface area contributed by atoms with Crippen molar-refractivity contribution in [1.82, 2.24) is 4.68 Å². The molecule has 1 N–H and O–H groups in total. The summed E-state index contributed by atoms with van der Waals surface area (Å²) in [6.07, 6.45) is 1.71. The zero-order valence-electron chi connectivity index (χ0n) is 15.2. The number of phenolic OH excluding ortho intramolecular Hbond substituents is 1. The maximum Gasteiger partial charge on any atom is 0.206 e. The monoisotopic (exact) mass is 451 g/mol. The second kappa shape index (κ2) is 8.12. The van der Waals surface area contributed by atoms with Crippen molar-refractivity contribution in [3.05, 3.63) is 80.9 Å². The normalized spacial score (nSPS) is 12.3. The third-order valence-corrected chi connectivity index (χ3v) is 5.75. The highest BCUT2D eigenvalue weighted by atomic mass is 79.9. The van der Waals surface area contributed by atoms with Crippen molar-refractivity contribution in [2.24, 2.45) is 10.1 Å². The lowest BCUT2D eigenvalue weighted by Gasteiger charge is -2.06. The topological polar surface area (TPSA) is 49.9 Å². The number of benzene rings is 3. The lowest BCUT2D eigenvalue weighted by atomic mass is 10.0. The second-order valence-electron chi connectivity index (χ2n) is 6.16. The molecule has 0 atom stereocenters. The van der Waals surface area contributed by atoms with Gasteiger partial charge in [-0.2, -0.15) is 5.10 Å². The molecule has 0 saturated carbocycles. The molecule has 4 rings (SSSR count). The van der Waals surface area contributed by atoms with Crippen LogP contribution in [0.1, 0.15) is 12.5 Å². The summed E-state index contributed by atoms with van der Waals surface area (Å²) in [4.78, 5) is 5.38. The number of hydrogen-bond acceptors (Lipinski definition) is 4. The molecule has 4 aromatic rings. The zero-order chi connectivity index (χ0) is 19.5. The number of hydrogen-bond donors (Lipinski definition) is 1. The summed E-state index contributed by atoms with van der Waals surface area (Å²) in [5.41, 5.74) is 2.71. The van der Waals surface area contributed by atoms with E-state index in [0.717, 1.165) is 31.3 Å². The summed E-state index contributed by atoms with van der Waals surface area (Å²) in [5, 5.41) is 19.2. The van der Waals surface area contributed by atoms with Crippen molar-refractivity contribution in [2.75, 3.05) is 6.54 Å². The van der Waals surface area contributed by atoms with Crippen molar-refractivity contribution < 1.29 is 5.11 Å². The second-order valence-corrected chi connectivity index (χ2v) is 7.91. The molecule has 0 spiro atoms. The molecule has 140 valence electrons. The van der Waals surface area contributed by atoms with E-state index in [9.17, 15) is 5.11 Å². The molecule has 0 unspecified atom stereocenters. The number of thiazole rings is 1. The third kappa shape index (κ3) is 3.66. The third-order valence-electron chi connectivity index (χ3n) is 4.37. The van der Waals surface area contributed by atoms with Gasteiger partial charge in [0.2, 0.25) is 4.80 Å². The molecular formula is C22H18BrN3OS. The van der Waals surface area contributed by atoms with Crippen molar-refractivity contribution in [2.45, 2.75) is 6.92 Å². The van der Waals surface area contributed by atoms with E-state index in [1.54, 1.807) is 23.6 Å². The van der Waals surface area contributed by atoms with Gasteiger partial charge in [-0.25, -0.2) is 4.68 Å². The molecule has 0 amide bonds. The fourth-order valence-electron chi connectivity index (χ4n) is 3.01. The minimum atomic E-state index is 0.206. The Bertz CT molecular complexity index is 1220. The standard InChI is InChI=1S/C22H18BrN3OS/c1-2-24-22-26(20(14-28-22)16-7-10-17(23)11-8-16)25-13-19-18-6-4-3-5-15(18)9-12-21(19)27/h3-14,27H,2H2,1H3. The van der Waals surface area contributed by atoms with E-state index in [1.165, 1.54) is 0 Å². The summed E-state index contributed by atoms with van der Waals surface area (Å²) < 4.78 is 2.86. The molecule has 28 heavy (non-hydrogen) atoms. The molecule has 0 aliphatic rings. The highest BCUT2D eigenvalue weighted by molar-refractivity contribution is 9.10. The molecule has 0 aliphatic carbocycles. The van der Waals surface area contributed by atoms with E-state index < -0.39 is 0 Å². The van der Waals surface area contributed by atoms with Gasteiger partial charge in [0.25, 0.3) is 0 Å². The van der Waals surface area contributed by atoms with Crippen LogP contribution in [0.5, 0.6) is 5.75 Å². The van der Waals surface area contributed by atoms with E-state index in [0.29, 0.717) is 12.1 Å². The summed E-state index contributed by atoms with van der Waals surface area (Å²) in [5.74, 6) is 0.206. The summed E-state index contributed by atoms with van der Waals surface area (Å²) in [6, 6.07) is 19.7. The van der Waals surface area contributed by atoms with E-state index in [-0.39, 0.29) is 5.75 Å². The van der Waals surface area contributed by atoms with Crippen LogP contribution in [-0.4, -0.2) is 22.5 Å². The van der Waals surface area contributed by atoms with Gasteiger partial charge >= 0.3 is 0 Å². The van der Waals surface area contributed by atoms with Gasteiger partial charge in [-0.3, -0.25) is 4.99 Å². The van der Waals surface area contributed by atoms with E-state index >= 15 is 0 Å². The summed E-state index contributed by atoms with van der Waals surface area (Å²) >= 11 is 5.03. The molecule has 3 aromatic carbocycles. The molecular weight excluding hydrogens is 434 g/mol. The van der Waals surface area contributed by atoms with Crippen molar-refractivity contribution in [1.29, 1.82) is 0 Å². The first-order valence-corrected chi connectivity index (χ1v) is 10.6. The lowest BCUT2D eigenvalue weighted by molar-refractivity contribution is 0.475. The van der Waals surface area contributed by atoms with Crippen LogP contribution in [0.2, 0.25) is 0 Å². The number of halogens is 1. The van der Waals surface area contributed by atoms with E-state index in [1.807, 2.05) is 66.2 Å². The SMILES string of the molecule is CCN=c1scc(-c2ccc(Br)cc2)n1N=Cc1c(O)ccc2ccccc12. The van der Waals surface area contributed by atoms with E-state index in [4.69, 9.17) is 5.10 Å². The van der Waals surface area contributed by atoms with Crippen LogP contribution < -0.4 is 4.80 Å². The zero-order valence-corrected chi connectivity index (χ0v) is 17.6. The van der Waals surface area contributed by atoms with Crippen LogP contribution in [-0.2, 0) is 0 Å². The molecule has 0 aliphatic heterocycles. The molecule has 4 nitrogen and oxygen atoms in total. The Morgan fingerprint density at radius 2 is 1.86 bits per heavy atom. The molecule has 0 saturated heterocycles. The molecule has 0 fully saturated rings. The van der Waals surface area contributed by atoms with Gasteiger partial charge in [-0.1, -0.05) is 58.4 Å². The Labute approximate surface area is 175 Å². The number of phenols is 1. The van der Waals surface area contributed by atoms with Crippen LogP contribution in [0.3, 0.4) is 0 Å². The van der Waals surface area contributed by atoms with Crippen LogP contribution in [0.15, 0.2) is 80.6 Å². The van der Waals surface area contributed by atoms with Gasteiger partial charge in [0.15, 0.2) is 0 Å². The Kier molecular flexibility index (Phi) is 5.41. The number of aromatic hydroxyl groups is 1. The summed E-state index contributed by atoms with van der Waals surface area (Å²) in [6.45, 7) is 2.68. The smallest absolute Gasteiger partial charge is 0.206 e. The number of nitrogens with zero attached hydrogens (tertiary/aromatic N) is 3.